The number of hydrogen-bond donors (Lipinski definition) is 1. The molecule has 102 valence electrons. The van der Waals surface area contributed by atoms with Gasteiger partial charge in [0, 0.05) is 0 Å². The summed E-state index contributed by atoms with van der Waals surface area (Å²) < 4.78 is 9.59. The van der Waals surface area contributed by atoms with Crippen molar-refractivity contribution in [3.63, 3.8) is 0 Å². The second-order valence-corrected chi connectivity index (χ2v) is 4.78. The van der Waals surface area contributed by atoms with Gasteiger partial charge >= 0.3 is 12.1 Å². The van der Waals surface area contributed by atoms with Gasteiger partial charge in [0.15, 0.2) is 0 Å². The largest absolute Gasteiger partial charge is 0.516 e. The highest BCUT2D eigenvalue weighted by molar-refractivity contribution is 5.88. The standard InChI is InChI=1S/C14H17NO4/c1-14(8-5-9-15-14)12(16)19-13(17)18-10-11-6-3-2-4-7-11/h2-4,6-7,15H,5,8-10H2,1H3/t14-/m0/s1. The lowest BCUT2D eigenvalue weighted by Crippen LogP contribution is -2.46. The Kier molecular flexibility index (Phi) is 4.16. The van der Waals surface area contributed by atoms with Crippen LogP contribution in [0.1, 0.15) is 25.3 Å². The van der Waals surface area contributed by atoms with Gasteiger partial charge in [-0.05, 0) is 31.9 Å². The van der Waals surface area contributed by atoms with Gasteiger partial charge in [-0.15, -0.1) is 0 Å². The Bertz CT molecular complexity index is 452. The molecular weight excluding hydrogens is 246 g/mol. The fourth-order valence-corrected chi connectivity index (χ4v) is 2.00. The molecule has 1 heterocycles. The van der Waals surface area contributed by atoms with Crippen molar-refractivity contribution >= 4 is 12.1 Å². The molecule has 0 aliphatic carbocycles. The van der Waals surface area contributed by atoms with E-state index in [1.807, 2.05) is 30.3 Å². The molecule has 1 atom stereocenters. The zero-order chi connectivity index (χ0) is 13.7. The van der Waals surface area contributed by atoms with Crippen molar-refractivity contribution in [3.8, 4) is 0 Å². The minimum atomic E-state index is -0.955. The summed E-state index contributed by atoms with van der Waals surface area (Å²) in [6.45, 7) is 2.58. The lowest BCUT2D eigenvalue weighted by molar-refractivity contribution is -0.146. The quantitative estimate of drug-likeness (QED) is 0.667. The van der Waals surface area contributed by atoms with Gasteiger partial charge in [0.1, 0.15) is 12.1 Å². The highest BCUT2D eigenvalue weighted by Crippen LogP contribution is 2.20. The third-order valence-corrected chi connectivity index (χ3v) is 3.19. The molecule has 0 bridgehead atoms. The molecule has 0 amide bonds. The number of esters is 1. The van der Waals surface area contributed by atoms with Crippen molar-refractivity contribution in [2.75, 3.05) is 6.54 Å². The molecule has 0 saturated carbocycles. The van der Waals surface area contributed by atoms with Crippen molar-refractivity contribution in [1.82, 2.24) is 5.32 Å². The first kappa shape index (κ1) is 13.5. The summed E-state index contributed by atoms with van der Waals surface area (Å²) in [6.07, 6.45) is 0.603. The molecule has 5 heteroatoms. The van der Waals surface area contributed by atoms with E-state index in [2.05, 4.69) is 5.32 Å². The molecule has 2 rings (SSSR count). The van der Waals surface area contributed by atoms with Gasteiger partial charge in [-0.2, -0.15) is 0 Å². The van der Waals surface area contributed by atoms with Crippen LogP contribution in [0.15, 0.2) is 30.3 Å². The van der Waals surface area contributed by atoms with Crippen LogP contribution in [0.4, 0.5) is 4.79 Å². The van der Waals surface area contributed by atoms with Crippen LogP contribution in [0, 0.1) is 0 Å². The van der Waals surface area contributed by atoms with Crippen molar-refractivity contribution in [2.45, 2.75) is 31.9 Å². The summed E-state index contributed by atoms with van der Waals surface area (Å²) in [5.74, 6) is -0.580. The Morgan fingerprint density at radius 1 is 1.32 bits per heavy atom. The Labute approximate surface area is 111 Å². The van der Waals surface area contributed by atoms with E-state index in [1.165, 1.54) is 0 Å². The minimum absolute atomic E-state index is 0.0943. The molecule has 1 aliphatic heterocycles. The summed E-state index contributed by atoms with van der Waals surface area (Å²) >= 11 is 0. The van der Waals surface area contributed by atoms with Gasteiger partial charge in [0.25, 0.3) is 0 Å². The molecule has 1 N–H and O–H groups in total. The van der Waals surface area contributed by atoms with E-state index < -0.39 is 17.7 Å². The van der Waals surface area contributed by atoms with E-state index in [4.69, 9.17) is 9.47 Å². The predicted molar refractivity (Wildman–Crippen MR) is 68.4 cm³/mol. The second kappa shape index (κ2) is 5.84. The van der Waals surface area contributed by atoms with E-state index in [1.54, 1.807) is 6.92 Å². The highest BCUT2D eigenvalue weighted by atomic mass is 16.7. The maximum absolute atomic E-state index is 11.8. The van der Waals surface area contributed by atoms with Crippen LogP contribution >= 0.6 is 0 Å². The Morgan fingerprint density at radius 2 is 2.05 bits per heavy atom. The average Bonchev–Trinajstić information content (AvgIpc) is 2.86. The number of ether oxygens (including phenoxy) is 2. The smallest absolute Gasteiger partial charge is 0.429 e. The van der Waals surface area contributed by atoms with Crippen LogP contribution in [0.25, 0.3) is 0 Å². The van der Waals surface area contributed by atoms with Crippen LogP contribution in [0.2, 0.25) is 0 Å². The number of benzene rings is 1. The summed E-state index contributed by atoms with van der Waals surface area (Å²) in [4.78, 5) is 23.2. The molecule has 1 saturated heterocycles. The number of carbonyl (C=O) groups is 2. The van der Waals surface area contributed by atoms with Crippen LogP contribution in [-0.4, -0.2) is 24.2 Å². The first-order valence-corrected chi connectivity index (χ1v) is 6.28. The van der Waals surface area contributed by atoms with E-state index in [0.717, 1.165) is 18.5 Å². The van der Waals surface area contributed by atoms with Crippen LogP contribution in [-0.2, 0) is 20.9 Å². The molecule has 1 aromatic rings. The predicted octanol–water partition coefficient (Wildman–Crippen LogP) is 2.01. The van der Waals surface area contributed by atoms with E-state index in [-0.39, 0.29) is 6.61 Å². The summed E-state index contributed by atoms with van der Waals surface area (Å²) in [7, 11) is 0. The molecule has 1 aromatic carbocycles. The summed E-state index contributed by atoms with van der Waals surface area (Å²) in [5, 5.41) is 3.03. The van der Waals surface area contributed by atoms with Crippen LogP contribution in [0.3, 0.4) is 0 Å². The van der Waals surface area contributed by atoms with E-state index in [0.29, 0.717) is 6.42 Å². The van der Waals surface area contributed by atoms with Gasteiger partial charge in [-0.25, -0.2) is 9.59 Å². The minimum Gasteiger partial charge on any atom is -0.429 e. The number of rotatable bonds is 3. The highest BCUT2D eigenvalue weighted by Gasteiger charge is 2.39. The van der Waals surface area contributed by atoms with Gasteiger partial charge < -0.3 is 14.8 Å². The molecule has 19 heavy (non-hydrogen) atoms. The van der Waals surface area contributed by atoms with E-state index >= 15 is 0 Å². The van der Waals surface area contributed by atoms with Gasteiger partial charge in [-0.3, -0.25) is 0 Å². The van der Waals surface area contributed by atoms with Gasteiger partial charge in [0.2, 0.25) is 0 Å². The number of nitrogens with one attached hydrogen (secondary N) is 1. The summed E-state index contributed by atoms with van der Waals surface area (Å²) in [6, 6.07) is 9.22. The SMILES string of the molecule is C[C@@]1(C(=O)OC(=O)OCc2ccccc2)CCCN1. The Morgan fingerprint density at radius 3 is 2.68 bits per heavy atom. The third kappa shape index (κ3) is 3.54. The zero-order valence-corrected chi connectivity index (χ0v) is 10.8. The monoisotopic (exact) mass is 263 g/mol. The first-order valence-electron chi connectivity index (χ1n) is 6.28. The molecule has 0 radical (unpaired) electrons. The van der Waals surface area contributed by atoms with Crippen LogP contribution < -0.4 is 5.32 Å². The first-order chi connectivity index (χ1) is 9.10. The second-order valence-electron chi connectivity index (χ2n) is 4.78. The third-order valence-electron chi connectivity index (χ3n) is 3.19. The fourth-order valence-electron chi connectivity index (χ4n) is 2.00. The molecule has 0 unspecified atom stereocenters. The molecular formula is C14H17NO4. The van der Waals surface area contributed by atoms with Crippen molar-refractivity contribution in [2.24, 2.45) is 0 Å². The van der Waals surface area contributed by atoms with Crippen molar-refractivity contribution in [1.29, 1.82) is 0 Å². The fraction of sp³-hybridized carbons (Fsp3) is 0.429. The maximum atomic E-state index is 11.8. The van der Waals surface area contributed by atoms with Crippen molar-refractivity contribution < 1.29 is 19.1 Å². The molecule has 1 fully saturated rings. The Balaban J connectivity index is 1.80. The van der Waals surface area contributed by atoms with Gasteiger partial charge in [0.05, 0.1) is 0 Å². The Hall–Kier alpha value is -1.88. The van der Waals surface area contributed by atoms with Crippen molar-refractivity contribution in [3.05, 3.63) is 35.9 Å². The normalized spacial score (nSPS) is 21.9. The zero-order valence-electron chi connectivity index (χ0n) is 10.8. The topological polar surface area (TPSA) is 64.6 Å². The van der Waals surface area contributed by atoms with Crippen LogP contribution in [0.5, 0.6) is 0 Å². The number of hydrogen-bond acceptors (Lipinski definition) is 5. The average molecular weight is 263 g/mol. The molecule has 0 aromatic heterocycles. The molecule has 5 nitrogen and oxygen atoms in total. The lowest BCUT2D eigenvalue weighted by Gasteiger charge is -2.20. The summed E-state index contributed by atoms with van der Waals surface area (Å²) in [5.41, 5.74) is 0.0725. The number of carbonyl (C=O) groups excluding carboxylic acids is 2. The lowest BCUT2D eigenvalue weighted by atomic mass is 10.0. The maximum Gasteiger partial charge on any atom is 0.516 e. The molecule has 0 spiro atoms. The van der Waals surface area contributed by atoms with E-state index in [9.17, 15) is 9.59 Å². The van der Waals surface area contributed by atoms with Gasteiger partial charge in [-0.1, -0.05) is 30.3 Å². The molecule has 1 aliphatic rings.